The maximum Gasteiger partial charge on any atom is 0.416 e. The van der Waals surface area contributed by atoms with Crippen molar-refractivity contribution in [1.29, 1.82) is 0 Å². The van der Waals surface area contributed by atoms with Gasteiger partial charge in [0.05, 0.1) is 24.9 Å². The summed E-state index contributed by atoms with van der Waals surface area (Å²) >= 11 is 0. The van der Waals surface area contributed by atoms with Crippen molar-refractivity contribution in [2.24, 2.45) is 0 Å². The molecule has 47 heavy (non-hydrogen) atoms. The first-order valence-electron chi connectivity index (χ1n) is 14.8. The van der Waals surface area contributed by atoms with Crippen LogP contribution in [-0.4, -0.2) is 73.0 Å². The second-order valence-electron chi connectivity index (χ2n) is 11.4. The highest BCUT2D eigenvalue weighted by Crippen LogP contribution is 2.41. The number of halogens is 6. The molecule has 1 spiro atoms. The topological polar surface area (TPSA) is 82.2 Å². The van der Waals surface area contributed by atoms with Gasteiger partial charge >= 0.3 is 12.4 Å². The van der Waals surface area contributed by atoms with Crippen LogP contribution in [0.25, 0.3) is 0 Å². The number of likely N-dealkylation sites (tertiary alicyclic amines) is 1. The molecule has 0 unspecified atom stereocenters. The number of nitrogens with one attached hydrogen (secondary N) is 1. The van der Waals surface area contributed by atoms with Gasteiger partial charge in [0.1, 0.15) is 17.8 Å². The van der Waals surface area contributed by atoms with E-state index in [-0.39, 0.29) is 57.0 Å². The van der Waals surface area contributed by atoms with Gasteiger partial charge in [0.2, 0.25) is 5.91 Å². The highest BCUT2D eigenvalue weighted by atomic mass is 19.4. The number of para-hydroxylation sites is 2. The third kappa shape index (κ3) is 7.15. The summed E-state index contributed by atoms with van der Waals surface area (Å²) in [5, 5.41) is 2.83. The Morgan fingerprint density at radius 2 is 1.47 bits per heavy atom. The van der Waals surface area contributed by atoms with E-state index in [4.69, 9.17) is 4.74 Å². The molecule has 0 saturated carbocycles. The molecule has 0 bridgehead atoms. The molecule has 5 rings (SSSR count). The molecule has 8 nitrogen and oxygen atoms in total. The molecule has 14 heteroatoms. The molecule has 2 saturated heterocycles. The fraction of sp³-hybridized carbons (Fsp3) is 0.364. The molecule has 3 amide bonds. The van der Waals surface area contributed by atoms with Gasteiger partial charge in [-0.05, 0) is 61.2 Å². The van der Waals surface area contributed by atoms with Crippen molar-refractivity contribution >= 4 is 23.4 Å². The number of carbonyl (C=O) groups excluding carboxylic acids is 3. The van der Waals surface area contributed by atoms with Crippen LogP contribution < -0.4 is 15.0 Å². The van der Waals surface area contributed by atoms with Gasteiger partial charge in [-0.2, -0.15) is 26.3 Å². The molecule has 0 aliphatic carbocycles. The van der Waals surface area contributed by atoms with Crippen LogP contribution in [0, 0.1) is 0 Å². The summed E-state index contributed by atoms with van der Waals surface area (Å²) in [6.07, 6.45) is -9.60. The first kappa shape index (κ1) is 33.6. The number of methoxy groups -OCH3 is 1. The van der Waals surface area contributed by atoms with E-state index in [1.807, 2.05) is 29.2 Å². The number of rotatable bonds is 8. The minimum atomic E-state index is -5.10. The summed E-state index contributed by atoms with van der Waals surface area (Å²) in [6, 6.07) is 17.1. The predicted octanol–water partition coefficient (Wildman–Crippen LogP) is 5.37. The lowest BCUT2D eigenvalue weighted by atomic mass is 9.85. The third-order valence-corrected chi connectivity index (χ3v) is 8.54. The smallest absolute Gasteiger partial charge is 0.416 e. The van der Waals surface area contributed by atoms with Crippen LogP contribution in [0.2, 0.25) is 0 Å². The van der Waals surface area contributed by atoms with Crippen molar-refractivity contribution in [3.8, 4) is 5.75 Å². The Balaban J connectivity index is 1.31. The summed E-state index contributed by atoms with van der Waals surface area (Å²) in [6.45, 7) is -0.0748. The maximum atomic E-state index is 14.0. The first-order chi connectivity index (χ1) is 22.2. The molecule has 2 heterocycles. The van der Waals surface area contributed by atoms with E-state index >= 15 is 0 Å². The van der Waals surface area contributed by atoms with Gasteiger partial charge < -0.3 is 24.8 Å². The Bertz CT molecular complexity index is 1590. The fourth-order valence-electron chi connectivity index (χ4n) is 6.14. The molecule has 2 aliphatic rings. The summed E-state index contributed by atoms with van der Waals surface area (Å²) in [4.78, 5) is 44.6. The van der Waals surface area contributed by atoms with Crippen molar-refractivity contribution in [2.45, 2.75) is 37.2 Å². The van der Waals surface area contributed by atoms with E-state index < -0.39 is 40.5 Å². The minimum Gasteiger partial charge on any atom is -0.496 e. The van der Waals surface area contributed by atoms with Crippen LogP contribution in [0.15, 0.2) is 72.8 Å². The number of nitrogens with zero attached hydrogens (tertiary/aromatic N) is 3. The molecule has 3 aromatic carbocycles. The normalized spacial score (nSPS) is 16.5. The average molecular weight is 663 g/mol. The second kappa shape index (κ2) is 13.2. The summed E-state index contributed by atoms with van der Waals surface area (Å²) in [5.41, 5.74) is -3.49. The zero-order chi connectivity index (χ0) is 34.0. The van der Waals surface area contributed by atoms with Crippen molar-refractivity contribution in [3.63, 3.8) is 0 Å². The van der Waals surface area contributed by atoms with Crippen LogP contribution >= 0.6 is 0 Å². The third-order valence-electron chi connectivity index (χ3n) is 8.54. The number of hydrogen-bond donors (Lipinski definition) is 1. The van der Waals surface area contributed by atoms with E-state index in [1.165, 1.54) is 4.90 Å². The Morgan fingerprint density at radius 1 is 0.872 bits per heavy atom. The van der Waals surface area contributed by atoms with Gasteiger partial charge in [0.15, 0.2) is 0 Å². The van der Waals surface area contributed by atoms with E-state index in [9.17, 15) is 40.7 Å². The van der Waals surface area contributed by atoms with Crippen LogP contribution in [-0.2, 0) is 28.4 Å². The number of hydrogen-bond acceptors (Lipinski definition) is 5. The quantitative estimate of drug-likeness (QED) is 0.328. The second-order valence-corrected chi connectivity index (χ2v) is 11.4. The van der Waals surface area contributed by atoms with Crippen LogP contribution in [0.3, 0.4) is 0 Å². The molecule has 3 aromatic rings. The number of alkyl halides is 6. The number of carbonyl (C=O) groups is 3. The molecule has 250 valence electrons. The van der Waals surface area contributed by atoms with Gasteiger partial charge in [-0.3, -0.25) is 14.4 Å². The molecule has 2 aliphatic heterocycles. The predicted molar refractivity (Wildman–Crippen MR) is 160 cm³/mol. The van der Waals surface area contributed by atoms with E-state index in [1.54, 1.807) is 37.4 Å². The Labute approximate surface area is 266 Å². The van der Waals surface area contributed by atoms with Gasteiger partial charge in [-0.25, -0.2) is 0 Å². The van der Waals surface area contributed by atoms with Crippen molar-refractivity contribution in [3.05, 3.63) is 95.1 Å². The highest BCUT2D eigenvalue weighted by Gasteiger charge is 2.54. The molecule has 2 fully saturated rings. The van der Waals surface area contributed by atoms with E-state index in [2.05, 4.69) is 5.32 Å². The van der Waals surface area contributed by atoms with Crippen molar-refractivity contribution < 1.29 is 45.5 Å². The number of amides is 3. The standard InChI is InChI=1S/C33H32F6N4O4/c1-47-27-10-6-5-7-22(27)11-14-40-28(44)20-42-21-43(26-8-3-2-4-9-26)31(30(42)46)12-15-41(16-13-31)29(45)23-17-24(32(34,35)36)19-25(18-23)33(37,38)39/h2-10,17-19H,11-16,20-21H2,1H3,(H,40,44). The lowest BCUT2D eigenvalue weighted by Gasteiger charge is -2.43. The molecule has 1 N–H and O–H groups in total. The lowest BCUT2D eigenvalue weighted by molar-refractivity contribution is -0.143. The van der Waals surface area contributed by atoms with Gasteiger partial charge in [-0.15, -0.1) is 0 Å². The lowest BCUT2D eigenvalue weighted by Crippen LogP contribution is -2.57. The van der Waals surface area contributed by atoms with E-state index in [0.29, 0.717) is 36.5 Å². The monoisotopic (exact) mass is 662 g/mol. The summed E-state index contributed by atoms with van der Waals surface area (Å²) < 4.78 is 85.9. The van der Waals surface area contributed by atoms with Gasteiger partial charge in [0, 0.05) is 30.9 Å². The van der Waals surface area contributed by atoms with Crippen LogP contribution in [0.1, 0.15) is 39.9 Å². The Kier molecular flexibility index (Phi) is 9.41. The van der Waals surface area contributed by atoms with Crippen molar-refractivity contribution in [2.75, 3.05) is 44.9 Å². The summed E-state index contributed by atoms with van der Waals surface area (Å²) in [7, 11) is 1.56. The molecular weight excluding hydrogens is 630 g/mol. The zero-order valence-corrected chi connectivity index (χ0v) is 25.3. The first-order valence-corrected chi connectivity index (χ1v) is 14.8. The SMILES string of the molecule is COc1ccccc1CCNC(=O)CN1CN(c2ccccc2)C2(CCN(C(=O)c3cc(C(F)(F)F)cc(C(F)(F)F)c3)CC2)C1=O. The number of anilines is 1. The average Bonchev–Trinajstić information content (AvgIpc) is 3.30. The van der Waals surface area contributed by atoms with Gasteiger partial charge in [0.25, 0.3) is 11.8 Å². The molecule has 0 atom stereocenters. The summed E-state index contributed by atoms with van der Waals surface area (Å²) in [5.74, 6) is -1.04. The molecular formula is C33H32F6N4O4. The fourth-order valence-corrected chi connectivity index (χ4v) is 6.14. The highest BCUT2D eigenvalue weighted by molar-refractivity contribution is 5.98. The maximum absolute atomic E-state index is 14.0. The Morgan fingerprint density at radius 3 is 2.06 bits per heavy atom. The Hall–Kier alpha value is -4.75. The molecule has 0 radical (unpaired) electrons. The zero-order valence-electron chi connectivity index (χ0n) is 25.3. The number of piperidine rings is 1. The largest absolute Gasteiger partial charge is 0.496 e. The van der Waals surface area contributed by atoms with Crippen molar-refractivity contribution in [1.82, 2.24) is 15.1 Å². The molecule has 0 aromatic heterocycles. The number of benzene rings is 3. The van der Waals surface area contributed by atoms with Gasteiger partial charge in [-0.1, -0.05) is 36.4 Å². The number of ether oxygens (including phenoxy) is 1. The van der Waals surface area contributed by atoms with Crippen LogP contribution in [0.4, 0.5) is 32.0 Å². The van der Waals surface area contributed by atoms with E-state index in [0.717, 1.165) is 10.5 Å². The van der Waals surface area contributed by atoms with Crippen LogP contribution in [0.5, 0.6) is 5.75 Å². The minimum absolute atomic E-state index is 0.0276.